The van der Waals surface area contributed by atoms with Crippen molar-refractivity contribution in [2.24, 2.45) is 0 Å². The molecule has 12 nitrogen and oxygen atoms in total. The first-order valence-corrected chi connectivity index (χ1v) is 13.3. The van der Waals surface area contributed by atoms with Crippen molar-refractivity contribution in [2.75, 3.05) is 31.5 Å². The van der Waals surface area contributed by atoms with E-state index in [-0.39, 0.29) is 46.8 Å². The maximum Gasteiger partial charge on any atom is 0.350 e. The number of aromatic nitrogens is 6. The van der Waals surface area contributed by atoms with Gasteiger partial charge in [-0.25, -0.2) is 14.4 Å². The molecular formula is C28H24F3N9O3. The molecule has 0 saturated carbocycles. The van der Waals surface area contributed by atoms with Crippen molar-refractivity contribution in [3.05, 3.63) is 83.7 Å². The molecule has 6 rings (SSSR count). The smallest absolute Gasteiger partial charge is 0.350 e. The van der Waals surface area contributed by atoms with Crippen LogP contribution in [0.15, 0.2) is 65.2 Å². The van der Waals surface area contributed by atoms with Gasteiger partial charge < -0.3 is 14.6 Å². The topological polar surface area (TPSA) is 135 Å². The van der Waals surface area contributed by atoms with Crippen LogP contribution in [0.2, 0.25) is 0 Å². The summed E-state index contributed by atoms with van der Waals surface area (Å²) in [6, 6.07) is 14.8. The molecule has 2 aromatic carbocycles. The maximum absolute atomic E-state index is 15.7. The van der Waals surface area contributed by atoms with Crippen LogP contribution in [0.4, 0.5) is 18.9 Å². The van der Waals surface area contributed by atoms with E-state index in [4.69, 9.17) is 4.42 Å². The lowest BCUT2D eigenvalue weighted by Crippen LogP contribution is -2.50. The van der Waals surface area contributed by atoms with Crippen LogP contribution in [-0.2, 0) is 4.79 Å². The highest BCUT2D eigenvalue weighted by Gasteiger charge is 2.33. The average molecular weight is 592 g/mol. The van der Waals surface area contributed by atoms with Crippen LogP contribution in [-0.4, -0.2) is 78.0 Å². The zero-order chi connectivity index (χ0) is 30.1. The Bertz CT molecular complexity index is 1790. The number of amides is 2. The molecule has 0 bridgehead atoms. The van der Waals surface area contributed by atoms with E-state index in [0.717, 1.165) is 5.56 Å². The number of nitrogens with one attached hydrogen (secondary N) is 1. The third-order valence-electron chi connectivity index (χ3n) is 6.97. The minimum absolute atomic E-state index is 0.0356. The van der Waals surface area contributed by atoms with E-state index in [0.29, 0.717) is 29.9 Å². The fourth-order valence-corrected chi connectivity index (χ4v) is 5.00. The van der Waals surface area contributed by atoms with E-state index in [9.17, 15) is 18.4 Å². The van der Waals surface area contributed by atoms with Gasteiger partial charge in [0.05, 0.1) is 11.6 Å². The molecule has 1 N–H and O–H groups in total. The number of anilines is 1. The van der Waals surface area contributed by atoms with Crippen LogP contribution in [0.3, 0.4) is 0 Å². The SMILES string of the molecule is CC(=O)Nc1ccc2oc(-c3ccnc(C(=O)N4CCN([C@@H](c5ccccc5)c5nnn(C(F)F)n5)CC4)c3F)nc2c1. The Morgan fingerprint density at radius 3 is 2.49 bits per heavy atom. The molecule has 2 amide bonds. The van der Waals surface area contributed by atoms with Crippen molar-refractivity contribution in [1.29, 1.82) is 0 Å². The van der Waals surface area contributed by atoms with Gasteiger partial charge in [0.15, 0.2) is 22.9 Å². The van der Waals surface area contributed by atoms with Gasteiger partial charge in [0, 0.05) is 45.0 Å². The van der Waals surface area contributed by atoms with E-state index in [1.54, 1.807) is 18.2 Å². The Morgan fingerprint density at radius 2 is 1.79 bits per heavy atom. The highest BCUT2D eigenvalue weighted by molar-refractivity contribution is 5.94. The van der Waals surface area contributed by atoms with Gasteiger partial charge in [-0.05, 0) is 35.0 Å². The largest absolute Gasteiger partial charge is 0.436 e. The predicted octanol–water partition coefficient (Wildman–Crippen LogP) is 3.92. The minimum Gasteiger partial charge on any atom is -0.436 e. The van der Waals surface area contributed by atoms with E-state index in [1.807, 2.05) is 35.2 Å². The molecule has 43 heavy (non-hydrogen) atoms. The number of nitrogens with zero attached hydrogens (tertiary/aromatic N) is 8. The standard InChI is InChI=1S/C28H24F3N9O3/c1-16(41)33-18-7-8-21-20(15-18)34-26(43-21)19-9-10-32-23(22(19)29)27(42)39-13-11-38(12-14-39)24(17-5-3-2-4-6-17)25-35-37-40(36-25)28(30)31/h2-10,15,24,28H,11-14H2,1H3,(H,33,41)/t24-/m0/s1. The minimum atomic E-state index is -2.93. The van der Waals surface area contributed by atoms with Gasteiger partial charge in [0.25, 0.3) is 5.91 Å². The van der Waals surface area contributed by atoms with Gasteiger partial charge in [-0.3, -0.25) is 14.5 Å². The first-order valence-electron chi connectivity index (χ1n) is 13.3. The van der Waals surface area contributed by atoms with E-state index in [2.05, 4.69) is 30.7 Å². The number of piperazine rings is 1. The number of hydrogen-bond acceptors (Lipinski definition) is 9. The van der Waals surface area contributed by atoms with Crippen LogP contribution in [0.25, 0.3) is 22.6 Å². The Labute approximate surface area is 242 Å². The van der Waals surface area contributed by atoms with Gasteiger partial charge in [-0.15, -0.1) is 10.2 Å². The number of benzene rings is 2. The number of tetrazole rings is 1. The zero-order valence-corrected chi connectivity index (χ0v) is 22.7. The second-order valence-corrected chi connectivity index (χ2v) is 9.79. The molecule has 15 heteroatoms. The number of pyridine rings is 1. The van der Waals surface area contributed by atoms with Crippen molar-refractivity contribution in [1.82, 2.24) is 40.0 Å². The third kappa shape index (κ3) is 5.66. The van der Waals surface area contributed by atoms with Crippen molar-refractivity contribution in [3.63, 3.8) is 0 Å². The van der Waals surface area contributed by atoms with Crippen LogP contribution < -0.4 is 5.32 Å². The quantitative estimate of drug-likeness (QED) is 0.299. The maximum atomic E-state index is 15.7. The van der Waals surface area contributed by atoms with Gasteiger partial charge in [-0.2, -0.15) is 8.78 Å². The molecule has 1 aliphatic rings. The third-order valence-corrected chi connectivity index (χ3v) is 6.97. The Morgan fingerprint density at radius 1 is 1.02 bits per heavy atom. The predicted molar refractivity (Wildman–Crippen MR) is 146 cm³/mol. The van der Waals surface area contributed by atoms with Crippen molar-refractivity contribution in [3.8, 4) is 11.5 Å². The normalized spacial score (nSPS) is 14.8. The lowest BCUT2D eigenvalue weighted by molar-refractivity contribution is -0.114. The highest BCUT2D eigenvalue weighted by Crippen LogP contribution is 2.30. The summed E-state index contributed by atoms with van der Waals surface area (Å²) < 4.78 is 47.7. The lowest BCUT2D eigenvalue weighted by Gasteiger charge is -2.38. The molecule has 0 aliphatic carbocycles. The summed E-state index contributed by atoms with van der Waals surface area (Å²) in [4.78, 5) is 36.8. The summed E-state index contributed by atoms with van der Waals surface area (Å²) in [6.45, 7) is -0.461. The Hall–Kier alpha value is -5.18. The van der Waals surface area contributed by atoms with Crippen LogP contribution in [0.5, 0.6) is 0 Å². The second kappa shape index (κ2) is 11.6. The highest BCUT2D eigenvalue weighted by atomic mass is 19.3. The number of rotatable bonds is 7. The number of hydrogen-bond donors (Lipinski definition) is 1. The summed E-state index contributed by atoms with van der Waals surface area (Å²) in [7, 11) is 0. The average Bonchev–Trinajstić information content (AvgIpc) is 3.65. The summed E-state index contributed by atoms with van der Waals surface area (Å²) >= 11 is 0. The molecule has 220 valence electrons. The molecule has 0 spiro atoms. The number of oxazole rings is 1. The fraction of sp³-hybridized carbons (Fsp3) is 0.250. The van der Waals surface area contributed by atoms with E-state index >= 15 is 4.39 Å². The van der Waals surface area contributed by atoms with E-state index in [1.165, 1.54) is 24.1 Å². The zero-order valence-electron chi connectivity index (χ0n) is 22.7. The summed E-state index contributed by atoms with van der Waals surface area (Å²) in [5, 5.41) is 13.9. The van der Waals surface area contributed by atoms with Crippen molar-refractivity contribution >= 4 is 28.6 Å². The van der Waals surface area contributed by atoms with Crippen LogP contribution in [0, 0.1) is 5.82 Å². The van der Waals surface area contributed by atoms with Crippen LogP contribution in [0.1, 0.15) is 41.4 Å². The summed E-state index contributed by atoms with van der Waals surface area (Å²) in [5.74, 6) is -1.67. The number of carbonyl (C=O) groups excluding carboxylic acids is 2. The fourth-order valence-electron chi connectivity index (χ4n) is 5.00. The summed E-state index contributed by atoms with van der Waals surface area (Å²) in [5.41, 5.74) is 1.64. The number of fused-ring (bicyclic) bond motifs is 1. The van der Waals surface area contributed by atoms with E-state index < -0.39 is 24.3 Å². The number of halogens is 3. The van der Waals surface area contributed by atoms with Gasteiger partial charge >= 0.3 is 6.55 Å². The Kier molecular flexibility index (Phi) is 7.54. The molecule has 0 radical (unpaired) electrons. The molecular weight excluding hydrogens is 567 g/mol. The first kappa shape index (κ1) is 28.0. The van der Waals surface area contributed by atoms with Crippen molar-refractivity contribution in [2.45, 2.75) is 19.5 Å². The van der Waals surface area contributed by atoms with Crippen molar-refractivity contribution < 1.29 is 27.2 Å². The van der Waals surface area contributed by atoms with Gasteiger partial charge in [-0.1, -0.05) is 35.1 Å². The number of carbonyl (C=O) groups is 2. The molecule has 3 aromatic heterocycles. The second-order valence-electron chi connectivity index (χ2n) is 9.79. The number of alkyl halides is 2. The monoisotopic (exact) mass is 591 g/mol. The Balaban J connectivity index is 1.21. The molecule has 0 unspecified atom stereocenters. The van der Waals surface area contributed by atoms with Gasteiger partial charge in [0.2, 0.25) is 11.8 Å². The summed E-state index contributed by atoms with van der Waals surface area (Å²) in [6.07, 6.45) is 1.31. The van der Waals surface area contributed by atoms with Crippen LogP contribution >= 0.6 is 0 Å². The van der Waals surface area contributed by atoms with Gasteiger partial charge in [0.1, 0.15) is 5.52 Å². The molecule has 4 heterocycles. The molecule has 1 saturated heterocycles. The molecule has 1 aliphatic heterocycles. The molecule has 1 fully saturated rings. The first-order chi connectivity index (χ1) is 20.8. The molecule has 5 aromatic rings. The molecule has 1 atom stereocenters. The lowest BCUT2D eigenvalue weighted by atomic mass is 10.0.